The minimum atomic E-state index is -0.489. The fourth-order valence-electron chi connectivity index (χ4n) is 3.10. The van der Waals surface area contributed by atoms with Crippen molar-refractivity contribution in [2.24, 2.45) is 0 Å². The Labute approximate surface area is 144 Å². The molecule has 0 unspecified atom stereocenters. The number of piperazine rings is 1. The number of amides is 2. The highest BCUT2D eigenvalue weighted by atomic mass is 16.6. The van der Waals surface area contributed by atoms with E-state index in [0.29, 0.717) is 45.9 Å². The van der Waals surface area contributed by atoms with Crippen LogP contribution in [0.3, 0.4) is 0 Å². The van der Waals surface area contributed by atoms with Gasteiger partial charge in [-0.05, 0) is 34.6 Å². The summed E-state index contributed by atoms with van der Waals surface area (Å²) in [6.45, 7) is 13.9. The first-order valence-electron chi connectivity index (χ1n) is 8.77. The van der Waals surface area contributed by atoms with Crippen LogP contribution < -0.4 is 0 Å². The fraction of sp³-hybridized carbons (Fsp3) is 0.882. The summed E-state index contributed by atoms with van der Waals surface area (Å²) in [5.41, 5.74) is -0.489. The zero-order valence-corrected chi connectivity index (χ0v) is 15.6. The van der Waals surface area contributed by atoms with Crippen LogP contribution >= 0.6 is 0 Å². The lowest BCUT2D eigenvalue weighted by molar-refractivity contribution is -0.139. The van der Waals surface area contributed by atoms with Gasteiger partial charge in [0.15, 0.2) is 0 Å². The molecule has 0 aromatic carbocycles. The fourth-order valence-corrected chi connectivity index (χ4v) is 3.10. The number of hydrogen-bond acceptors (Lipinski definition) is 5. The predicted octanol–water partition coefficient (Wildman–Crippen LogP) is 1.17. The lowest BCUT2D eigenvalue weighted by atomic mass is 10.2. The number of carbonyl (C=O) groups excluding carboxylic acids is 2. The smallest absolute Gasteiger partial charge is 0.410 e. The zero-order valence-electron chi connectivity index (χ0n) is 15.6. The van der Waals surface area contributed by atoms with Gasteiger partial charge in [-0.15, -0.1) is 0 Å². The van der Waals surface area contributed by atoms with E-state index in [1.165, 1.54) is 0 Å². The van der Waals surface area contributed by atoms with Crippen molar-refractivity contribution in [3.8, 4) is 0 Å². The molecular weight excluding hydrogens is 310 g/mol. The summed E-state index contributed by atoms with van der Waals surface area (Å²) in [7, 11) is 0. The Bertz CT molecular complexity index is 463. The summed E-state index contributed by atoms with van der Waals surface area (Å²) < 4.78 is 10.9. The zero-order chi connectivity index (χ0) is 17.9. The van der Waals surface area contributed by atoms with Crippen LogP contribution in [0.15, 0.2) is 0 Å². The highest BCUT2D eigenvalue weighted by Gasteiger charge is 2.32. The van der Waals surface area contributed by atoms with E-state index in [-0.39, 0.29) is 24.1 Å². The first-order chi connectivity index (χ1) is 11.2. The summed E-state index contributed by atoms with van der Waals surface area (Å²) in [4.78, 5) is 30.4. The molecule has 2 amide bonds. The molecule has 0 bridgehead atoms. The first kappa shape index (κ1) is 19.0. The van der Waals surface area contributed by atoms with Crippen LogP contribution in [0.5, 0.6) is 0 Å². The summed E-state index contributed by atoms with van der Waals surface area (Å²) in [5, 5.41) is 0. The molecule has 0 aromatic rings. The van der Waals surface area contributed by atoms with E-state index in [9.17, 15) is 9.59 Å². The van der Waals surface area contributed by atoms with Gasteiger partial charge in [0, 0.05) is 38.8 Å². The Balaban J connectivity index is 1.82. The number of morpholine rings is 1. The van der Waals surface area contributed by atoms with Gasteiger partial charge in [-0.25, -0.2) is 4.79 Å². The molecule has 2 aliphatic heterocycles. The van der Waals surface area contributed by atoms with Crippen molar-refractivity contribution < 1.29 is 19.1 Å². The Morgan fingerprint density at radius 1 is 1.12 bits per heavy atom. The van der Waals surface area contributed by atoms with Gasteiger partial charge in [0.2, 0.25) is 5.91 Å². The molecule has 24 heavy (non-hydrogen) atoms. The molecule has 138 valence electrons. The van der Waals surface area contributed by atoms with Crippen LogP contribution in [0.1, 0.15) is 34.6 Å². The molecule has 0 N–H and O–H groups in total. The molecular formula is C17H31N3O4. The molecule has 7 nitrogen and oxygen atoms in total. The largest absolute Gasteiger partial charge is 0.444 e. The van der Waals surface area contributed by atoms with Gasteiger partial charge in [0.05, 0.1) is 19.3 Å². The van der Waals surface area contributed by atoms with E-state index < -0.39 is 5.60 Å². The summed E-state index contributed by atoms with van der Waals surface area (Å²) in [6.07, 6.45) is -0.173. The minimum absolute atomic E-state index is 0.0324. The van der Waals surface area contributed by atoms with Crippen LogP contribution in [0, 0.1) is 0 Å². The van der Waals surface area contributed by atoms with E-state index >= 15 is 0 Å². The molecule has 7 heteroatoms. The molecule has 0 radical (unpaired) electrons. The van der Waals surface area contributed by atoms with Crippen LogP contribution in [0.4, 0.5) is 4.79 Å². The van der Waals surface area contributed by atoms with Gasteiger partial charge < -0.3 is 19.3 Å². The van der Waals surface area contributed by atoms with Gasteiger partial charge in [0.25, 0.3) is 0 Å². The second-order valence-electron chi connectivity index (χ2n) is 7.78. The third-order valence-corrected chi connectivity index (χ3v) is 4.29. The van der Waals surface area contributed by atoms with E-state index in [1.54, 1.807) is 4.90 Å². The second kappa shape index (κ2) is 7.70. The molecule has 2 atom stereocenters. The van der Waals surface area contributed by atoms with Gasteiger partial charge in [-0.2, -0.15) is 0 Å². The molecule has 2 fully saturated rings. The first-order valence-corrected chi connectivity index (χ1v) is 8.77. The van der Waals surface area contributed by atoms with Crippen molar-refractivity contribution in [2.45, 2.75) is 52.4 Å². The van der Waals surface area contributed by atoms with Crippen molar-refractivity contribution >= 4 is 12.0 Å². The lowest BCUT2D eigenvalue weighted by Crippen LogP contribution is -2.57. The van der Waals surface area contributed by atoms with Crippen molar-refractivity contribution in [2.75, 3.05) is 45.9 Å². The van der Waals surface area contributed by atoms with Gasteiger partial charge in [0.1, 0.15) is 5.60 Å². The topological polar surface area (TPSA) is 62.3 Å². The highest BCUT2D eigenvalue weighted by molar-refractivity contribution is 5.78. The monoisotopic (exact) mass is 341 g/mol. The maximum atomic E-state index is 12.4. The normalized spacial score (nSPS) is 26.4. The van der Waals surface area contributed by atoms with Crippen LogP contribution in [-0.4, -0.2) is 90.3 Å². The number of hydrogen-bond donors (Lipinski definition) is 0. The van der Waals surface area contributed by atoms with Crippen molar-refractivity contribution in [3.63, 3.8) is 0 Å². The van der Waals surface area contributed by atoms with E-state index in [4.69, 9.17) is 9.47 Å². The predicted molar refractivity (Wildman–Crippen MR) is 90.8 cm³/mol. The molecule has 0 aliphatic carbocycles. The number of rotatable bonds is 2. The van der Waals surface area contributed by atoms with Crippen LogP contribution in [0.2, 0.25) is 0 Å². The molecule has 2 saturated heterocycles. The molecule has 2 aliphatic rings. The van der Waals surface area contributed by atoms with E-state index in [2.05, 4.69) is 4.90 Å². The Hall–Kier alpha value is -1.34. The van der Waals surface area contributed by atoms with E-state index in [1.807, 2.05) is 39.5 Å². The average Bonchev–Trinajstić information content (AvgIpc) is 2.45. The maximum absolute atomic E-state index is 12.4. The molecule has 0 aromatic heterocycles. The second-order valence-corrected chi connectivity index (χ2v) is 7.78. The summed E-state index contributed by atoms with van der Waals surface area (Å²) >= 11 is 0. The maximum Gasteiger partial charge on any atom is 0.410 e. The molecule has 2 heterocycles. The molecule has 0 saturated carbocycles. The summed E-state index contributed by atoms with van der Waals surface area (Å²) in [6, 6.07) is 0.0324. The van der Waals surface area contributed by atoms with Gasteiger partial charge in [-0.1, -0.05) is 0 Å². The molecule has 0 spiro atoms. The number of carbonyl (C=O) groups is 2. The SMILES string of the molecule is C[C@@H]1CN(CC(=O)N2CCO[C@@H](C)C2)CCN1C(=O)OC(C)(C)C. The molecule has 2 rings (SSSR count). The Kier molecular flexibility index (Phi) is 6.09. The quantitative estimate of drug-likeness (QED) is 0.755. The van der Waals surface area contributed by atoms with Crippen LogP contribution in [-0.2, 0) is 14.3 Å². The minimum Gasteiger partial charge on any atom is -0.444 e. The Morgan fingerprint density at radius 2 is 1.83 bits per heavy atom. The third-order valence-electron chi connectivity index (χ3n) is 4.29. The summed E-state index contributed by atoms with van der Waals surface area (Å²) in [5.74, 6) is 0.142. The third kappa shape index (κ3) is 5.34. The Morgan fingerprint density at radius 3 is 2.42 bits per heavy atom. The highest BCUT2D eigenvalue weighted by Crippen LogP contribution is 2.16. The van der Waals surface area contributed by atoms with Crippen LogP contribution in [0.25, 0.3) is 0 Å². The van der Waals surface area contributed by atoms with Crippen molar-refractivity contribution in [1.29, 1.82) is 0 Å². The number of nitrogens with zero attached hydrogens (tertiary/aromatic N) is 3. The van der Waals surface area contributed by atoms with Crippen molar-refractivity contribution in [3.05, 3.63) is 0 Å². The van der Waals surface area contributed by atoms with Crippen molar-refractivity contribution in [1.82, 2.24) is 14.7 Å². The average molecular weight is 341 g/mol. The van der Waals surface area contributed by atoms with Gasteiger partial charge in [-0.3, -0.25) is 9.69 Å². The lowest BCUT2D eigenvalue weighted by Gasteiger charge is -2.40. The standard InChI is InChI=1S/C17H31N3O4/c1-13-10-18(6-7-20(13)16(22)24-17(3,4)5)12-15(21)19-8-9-23-14(2)11-19/h13-14H,6-12H2,1-5H3/t13-,14+/m1/s1. The van der Waals surface area contributed by atoms with E-state index in [0.717, 1.165) is 0 Å². The number of ether oxygens (including phenoxy) is 2. The van der Waals surface area contributed by atoms with Gasteiger partial charge >= 0.3 is 6.09 Å².